The van der Waals surface area contributed by atoms with Gasteiger partial charge < -0.3 is 4.79 Å². The van der Waals surface area contributed by atoms with Gasteiger partial charge in [0.1, 0.15) is 6.29 Å². The molecule has 0 aliphatic heterocycles. The third kappa shape index (κ3) is 11.0. The number of carbonyl (C=O) groups excluding carboxylic acids is 1. The fourth-order valence-corrected chi connectivity index (χ4v) is 3.95. The van der Waals surface area contributed by atoms with Crippen molar-refractivity contribution in [1.29, 1.82) is 0 Å². The summed E-state index contributed by atoms with van der Waals surface area (Å²) in [5, 5.41) is 0. The van der Waals surface area contributed by atoms with Crippen LogP contribution in [0.15, 0.2) is 119 Å². The van der Waals surface area contributed by atoms with E-state index >= 15 is 0 Å². The molecule has 0 aromatic carbocycles. The third-order valence-electron chi connectivity index (χ3n) is 5.82. The van der Waals surface area contributed by atoms with Gasteiger partial charge >= 0.3 is 0 Å². The molecule has 0 saturated carbocycles. The van der Waals surface area contributed by atoms with Crippen molar-refractivity contribution in [2.75, 3.05) is 0 Å². The van der Waals surface area contributed by atoms with Crippen molar-refractivity contribution in [3.63, 3.8) is 0 Å². The lowest BCUT2D eigenvalue weighted by Gasteiger charge is -2.36. The highest BCUT2D eigenvalue weighted by Gasteiger charge is 2.32. The largest absolute Gasteiger partial charge is 0.303 e. The lowest BCUT2D eigenvalue weighted by molar-refractivity contribution is -0.112. The number of aldehydes is 1. The van der Waals surface area contributed by atoms with E-state index in [0.717, 1.165) is 24.7 Å². The van der Waals surface area contributed by atoms with Crippen LogP contribution < -0.4 is 0 Å². The van der Waals surface area contributed by atoms with Crippen molar-refractivity contribution < 1.29 is 4.79 Å². The minimum atomic E-state index is 0.0377. The highest BCUT2D eigenvalue weighted by atomic mass is 16.1. The average molecular weight is 443 g/mol. The lowest BCUT2D eigenvalue weighted by Crippen LogP contribution is -2.26. The summed E-state index contributed by atoms with van der Waals surface area (Å²) in [6, 6.07) is 0. The standard InChI is InChI=1S/C32H42O/c1-9-25(2)16-12-17-26(3)14-10-11-15-27(4)18-13-19-28(5)20-21-31-29(6)22-30(24-33)23-32(31,7)8/h9-21,24,30H,1,22-23H2,2-8H3/b11-10+,17-12+,18-13+,21-20+,25-16+,26-14+,27-15+,28-19+/t30-/m1/s1. The van der Waals surface area contributed by atoms with Gasteiger partial charge in [-0.05, 0) is 58.4 Å². The number of hydrogen-bond donors (Lipinski definition) is 0. The molecule has 1 atom stereocenters. The monoisotopic (exact) mass is 442 g/mol. The van der Waals surface area contributed by atoms with Crippen molar-refractivity contribution in [3.05, 3.63) is 119 Å². The lowest BCUT2D eigenvalue weighted by atomic mass is 9.68. The van der Waals surface area contributed by atoms with Crippen LogP contribution in [0.1, 0.15) is 61.3 Å². The Hall–Kier alpha value is -2.93. The molecule has 0 spiro atoms. The van der Waals surface area contributed by atoms with Crippen molar-refractivity contribution >= 4 is 6.29 Å². The molecule has 1 nitrogen and oxygen atoms in total. The maximum absolute atomic E-state index is 11.2. The summed E-state index contributed by atoms with van der Waals surface area (Å²) in [5.41, 5.74) is 7.47. The second-order valence-electron chi connectivity index (χ2n) is 9.67. The van der Waals surface area contributed by atoms with Gasteiger partial charge in [0.15, 0.2) is 0 Å². The Morgan fingerprint density at radius 3 is 1.79 bits per heavy atom. The Morgan fingerprint density at radius 1 is 0.818 bits per heavy atom. The first-order valence-corrected chi connectivity index (χ1v) is 11.8. The summed E-state index contributed by atoms with van der Waals surface area (Å²) < 4.78 is 0. The summed E-state index contributed by atoms with van der Waals surface area (Å²) in [4.78, 5) is 11.2. The second kappa shape index (κ2) is 14.3. The maximum Gasteiger partial charge on any atom is 0.123 e. The number of rotatable bonds is 10. The molecule has 0 aromatic heterocycles. The molecule has 0 N–H and O–H groups in total. The van der Waals surface area contributed by atoms with Crippen LogP contribution >= 0.6 is 0 Å². The molecule has 33 heavy (non-hydrogen) atoms. The van der Waals surface area contributed by atoms with Crippen LogP contribution in [0, 0.1) is 11.3 Å². The molecule has 0 heterocycles. The summed E-state index contributed by atoms with van der Waals surface area (Å²) in [7, 11) is 0. The van der Waals surface area contributed by atoms with E-state index in [1.54, 1.807) is 0 Å². The zero-order valence-electron chi connectivity index (χ0n) is 21.7. The maximum atomic E-state index is 11.2. The minimum absolute atomic E-state index is 0.0377. The molecular weight excluding hydrogens is 400 g/mol. The molecule has 0 unspecified atom stereocenters. The quantitative estimate of drug-likeness (QED) is 0.243. The normalized spacial score (nSPS) is 21.2. The van der Waals surface area contributed by atoms with Crippen LogP contribution in [-0.4, -0.2) is 6.29 Å². The van der Waals surface area contributed by atoms with Gasteiger partial charge in [0, 0.05) is 5.92 Å². The van der Waals surface area contributed by atoms with E-state index in [0.29, 0.717) is 0 Å². The van der Waals surface area contributed by atoms with Crippen LogP contribution in [0.3, 0.4) is 0 Å². The summed E-state index contributed by atoms with van der Waals surface area (Å²) >= 11 is 0. The number of allylic oxidation sites excluding steroid dienone is 19. The van der Waals surface area contributed by atoms with E-state index in [2.05, 4.69) is 109 Å². The summed E-state index contributed by atoms with van der Waals surface area (Å²) in [5.74, 6) is 0.153. The molecular formula is C32H42O. The predicted molar refractivity (Wildman–Crippen MR) is 147 cm³/mol. The van der Waals surface area contributed by atoms with Crippen LogP contribution in [0.4, 0.5) is 0 Å². The Morgan fingerprint density at radius 2 is 1.30 bits per heavy atom. The van der Waals surface area contributed by atoms with Crippen LogP contribution in [0.25, 0.3) is 0 Å². The van der Waals surface area contributed by atoms with Gasteiger partial charge in [-0.25, -0.2) is 0 Å². The number of hydrogen-bond acceptors (Lipinski definition) is 1. The van der Waals surface area contributed by atoms with E-state index in [1.807, 2.05) is 25.2 Å². The molecule has 176 valence electrons. The van der Waals surface area contributed by atoms with Gasteiger partial charge in [-0.15, -0.1) is 0 Å². The Kier molecular flexibility index (Phi) is 12.1. The zero-order valence-corrected chi connectivity index (χ0v) is 21.7. The summed E-state index contributed by atoms with van der Waals surface area (Å²) in [6.45, 7) is 18.7. The van der Waals surface area contributed by atoms with Gasteiger partial charge in [0.05, 0.1) is 0 Å². The topological polar surface area (TPSA) is 17.1 Å². The molecule has 1 aliphatic rings. The van der Waals surface area contributed by atoms with Crippen molar-refractivity contribution in [1.82, 2.24) is 0 Å². The van der Waals surface area contributed by atoms with Crippen molar-refractivity contribution in [2.45, 2.75) is 61.3 Å². The predicted octanol–water partition coefficient (Wildman–Crippen LogP) is 9.13. The zero-order chi connectivity index (χ0) is 24.9. The van der Waals surface area contributed by atoms with E-state index in [-0.39, 0.29) is 11.3 Å². The Bertz CT molecular complexity index is 962. The van der Waals surface area contributed by atoms with E-state index < -0.39 is 0 Å². The van der Waals surface area contributed by atoms with Crippen molar-refractivity contribution in [3.8, 4) is 0 Å². The van der Waals surface area contributed by atoms with E-state index in [4.69, 9.17) is 0 Å². The Labute approximate surface area is 202 Å². The summed E-state index contributed by atoms with van der Waals surface area (Å²) in [6.07, 6.45) is 30.0. The first kappa shape index (κ1) is 28.1. The van der Waals surface area contributed by atoms with Crippen LogP contribution in [0.2, 0.25) is 0 Å². The molecule has 0 saturated heterocycles. The van der Waals surface area contributed by atoms with Gasteiger partial charge in [-0.2, -0.15) is 0 Å². The van der Waals surface area contributed by atoms with E-state index in [1.165, 1.54) is 27.9 Å². The third-order valence-corrected chi connectivity index (χ3v) is 5.82. The minimum Gasteiger partial charge on any atom is -0.303 e. The molecule has 1 rings (SSSR count). The molecule has 0 amide bonds. The van der Waals surface area contributed by atoms with Gasteiger partial charge in [-0.3, -0.25) is 0 Å². The number of carbonyl (C=O) groups is 1. The SMILES string of the molecule is C=C/C(C)=C/C=C/C(C)=C/C=C/C=C(C)/C=C/C=C(C)/C=C/C1=C(C)C[C@@H](C=O)CC1(C)C. The molecule has 0 fully saturated rings. The van der Waals surface area contributed by atoms with Crippen LogP contribution in [-0.2, 0) is 4.79 Å². The van der Waals surface area contributed by atoms with Gasteiger partial charge in [0.25, 0.3) is 0 Å². The first-order chi connectivity index (χ1) is 15.6. The fraction of sp³-hybridized carbons (Fsp3) is 0.344. The molecule has 0 aromatic rings. The second-order valence-corrected chi connectivity index (χ2v) is 9.67. The highest BCUT2D eigenvalue weighted by Crippen LogP contribution is 2.43. The highest BCUT2D eigenvalue weighted by molar-refractivity contribution is 5.56. The molecule has 1 heteroatoms. The molecule has 1 aliphatic carbocycles. The van der Waals surface area contributed by atoms with Crippen molar-refractivity contribution in [2.24, 2.45) is 11.3 Å². The van der Waals surface area contributed by atoms with Gasteiger partial charge in [-0.1, -0.05) is 127 Å². The van der Waals surface area contributed by atoms with Crippen LogP contribution in [0.5, 0.6) is 0 Å². The molecule has 0 bridgehead atoms. The smallest absolute Gasteiger partial charge is 0.123 e. The average Bonchev–Trinajstić information content (AvgIpc) is 2.75. The first-order valence-electron chi connectivity index (χ1n) is 11.8. The Balaban J connectivity index is 2.71. The van der Waals surface area contributed by atoms with E-state index in [9.17, 15) is 4.79 Å². The molecule has 0 radical (unpaired) electrons. The van der Waals surface area contributed by atoms with Gasteiger partial charge in [0.2, 0.25) is 0 Å². The fourth-order valence-electron chi connectivity index (χ4n) is 3.95.